The van der Waals surface area contributed by atoms with Gasteiger partial charge in [-0.25, -0.2) is 5.84 Å². The lowest BCUT2D eigenvalue weighted by atomic mass is 10.1. The standard InChI is InChI=1S/C10H15N3/c1-12-10(13-11)8-7-9-5-3-2-4-6-9/h2-6H,7-8,11H2,1H3,(H,12,13). The second-order valence-corrected chi connectivity index (χ2v) is 2.80. The van der Waals surface area contributed by atoms with Gasteiger partial charge in [0, 0.05) is 13.5 Å². The van der Waals surface area contributed by atoms with Crippen LogP contribution in [0.3, 0.4) is 0 Å². The summed E-state index contributed by atoms with van der Waals surface area (Å²) < 4.78 is 0. The van der Waals surface area contributed by atoms with Gasteiger partial charge in [-0.3, -0.25) is 4.99 Å². The van der Waals surface area contributed by atoms with Crippen LogP contribution in [0.4, 0.5) is 0 Å². The summed E-state index contributed by atoms with van der Waals surface area (Å²) in [6.07, 6.45) is 1.83. The Labute approximate surface area is 78.6 Å². The summed E-state index contributed by atoms with van der Waals surface area (Å²) >= 11 is 0. The van der Waals surface area contributed by atoms with Crippen LogP contribution in [0, 0.1) is 0 Å². The molecule has 1 aromatic carbocycles. The zero-order chi connectivity index (χ0) is 9.52. The summed E-state index contributed by atoms with van der Waals surface area (Å²) in [5, 5.41) is 0. The molecule has 0 bridgehead atoms. The molecule has 0 saturated heterocycles. The summed E-state index contributed by atoms with van der Waals surface area (Å²) in [7, 11) is 1.74. The number of benzene rings is 1. The third-order valence-electron chi connectivity index (χ3n) is 1.93. The van der Waals surface area contributed by atoms with E-state index in [9.17, 15) is 0 Å². The molecule has 13 heavy (non-hydrogen) atoms. The number of nitrogens with zero attached hydrogens (tertiary/aromatic N) is 1. The number of nitrogens with one attached hydrogen (secondary N) is 1. The normalized spacial score (nSPS) is 11.4. The van der Waals surface area contributed by atoms with E-state index in [1.807, 2.05) is 18.2 Å². The quantitative estimate of drug-likeness (QED) is 0.314. The molecule has 0 radical (unpaired) electrons. The minimum absolute atomic E-state index is 0.837. The Morgan fingerprint density at radius 2 is 2.08 bits per heavy atom. The van der Waals surface area contributed by atoms with E-state index in [-0.39, 0.29) is 0 Å². The van der Waals surface area contributed by atoms with Gasteiger partial charge >= 0.3 is 0 Å². The van der Waals surface area contributed by atoms with Crippen LogP contribution < -0.4 is 11.3 Å². The van der Waals surface area contributed by atoms with Crippen molar-refractivity contribution in [1.82, 2.24) is 5.43 Å². The van der Waals surface area contributed by atoms with E-state index in [1.165, 1.54) is 5.56 Å². The first-order valence-corrected chi connectivity index (χ1v) is 4.33. The van der Waals surface area contributed by atoms with Gasteiger partial charge in [-0.1, -0.05) is 30.3 Å². The van der Waals surface area contributed by atoms with Crippen LogP contribution in [0.25, 0.3) is 0 Å². The van der Waals surface area contributed by atoms with Crippen molar-refractivity contribution in [3.05, 3.63) is 35.9 Å². The molecule has 1 aromatic rings. The summed E-state index contributed by atoms with van der Waals surface area (Å²) in [5.74, 6) is 6.10. The molecule has 0 aliphatic heterocycles. The predicted octanol–water partition coefficient (Wildman–Crippen LogP) is 1.11. The van der Waals surface area contributed by atoms with E-state index < -0.39 is 0 Å². The number of hydrogen-bond donors (Lipinski definition) is 2. The van der Waals surface area contributed by atoms with Gasteiger partial charge in [-0.15, -0.1) is 0 Å². The van der Waals surface area contributed by atoms with Crippen LogP contribution in [0.2, 0.25) is 0 Å². The summed E-state index contributed by atoms with van der Waals surface area (Å²) in [5.41, 5.74) is 3.88. The third-order valence-corrected chi connectivity index (χ3v) is 1.93. The Morgan fingerprint density at radius 3 is 2.62 bits per heavy atom. The number of rotatable bonds is 3. The van der Waals surface area contributed by atoms with E-state index in [0.717, 1.165) is 18.7 Å². The van der Waals surface area contributed by atoms with Crippen molar-refractivity contribution in [2.45, 2.75) is 12.8 Å². The maximum absolute atomic E-state index is 5.27. The van der Waals surface area contributed by atoms with E-state index in [0.29, 0.717) is 0 Å². The van der Waals surface area contributed by atoms with Crippen molar-refractivity contribution in [3.63, 3.8) is 0 Å². The van der Waals surface area contributed by atoms with Crippen LogP contribution >= 0.6 is 0 Å². The van der Waals surface area contributed by atoms with Gasteiger partial charge in [0.05, 0.1) is 0 Å². The van der Waals surface area contributed by atoms with Crippen molar-refractivity contribution in [3.8, 4) is 0 Å². The smallest absolute Gasteiger partial charge is 0.110 e. The molecule has 1 rings (SSSR count). The van der Waals surface area contributed by atoms with Crippen LogP contribution in [-0.2, 0) is 6.42 Å². The fraction of sp³-hybridized carbons (Fsp3) is 0.300. The first-order valence-electron chi connectivity index (χ1n) is 4.33. The number of hydrazine groups is 1. The number of aliphatic imine (C=N–C) groups is 1. The zero-order valence-electron chi connectivity index (χ0n) is 7.83. The molecular formula is C10H15N3. The molecule has 0 atom stereocenters. The van der Waals surface area contributed by atoms with Crippen molar-refractivity contribution >= 4 is 5.84 Å². The first-order chi connectivity index (χ1) is 6.36. The molecule has 3 N–H and O–H groups in total. The van der Waals surface area contributed by atoms with Crippen molar-refractivity contribution < 1.29 is 0 Å². The lowest BCUT2D eigenvalue weighted by Crippen LogP contribution is -2.30. The highest BCUT2D eigenvalue weighted by molar-refractivity contribution is 5.81. The Bertz CT molecular complexity index is 267. The van der Waals surface area contributed by atoms with Crippen LogP contribution in [-0.4, -0.2) is 12.9 Å². The maximum Gasteiger partial charge on any atom is 0.110 e. The Hall–Kier alpha value is -1.35. The topological polar surface area (TPSA) is 50.4 Å². The van der Waals surface area contributed by atoms with Crippen molar-refractivity contribution in [2.75, 3.05) is 7.05 Å². The highest BCUT2D eigenvalue weighted by atomic mass is 15.2. The van der Waals surface area contributed by atoms with Gasteiger partial charge in [0.25, 0.3) is 0 Å². The van der Waals surface area contributed by atoms with Crippen molar-refractivity contribution in [1.29, 1.82) is 0 Å². The van der Waals surface area contributed by atoms with Crippen LogP contribution in [0.5, 0.6) is 0 Å². The molecule has 0 saturated carbocycles. The van der Waals surface area contributed by atoms with Crippen molar-refractivity contribution in [2.24, 2.45) is 10.8 Å². The highest BCUT2D eigenvalue weighted by Crippen LogP contribution is 2.02. The molecule has 3 heteroatoms. The van der Waals surface area contributed by atoms with E-state index in [4.69, 9.17) is 5.84 Å². The Morgan fingerprint density at radius 1 is 1.38 bits per heavy atom. The number of hydrogen-bond acceptors (Lipinski definition) is 2. The van der Waals surface area contributed by atoms with E-state index in [2.05, 4.69) is 22.6 Å². The zero-order valence-corrected chi connectivity index (χ0v) is 7.83. The third kappa shape index (κ3) is 3.25. The van der Waals surface area contributed by atoms with Crippen LogP contribution in [0.1, 0.15) is 12.0 Å². The molecule has 0 aromatic heterocycles. The minimum Gasteiger partial charge on any atom is -0.312 e. The molecule has 0 amide bonds. The summed E-state index contributed by atoms with van der Waals surface area (Å²) in [6.45, 7) is 0. The molecule has 0 aliphatic rings. The largest absolute Gasteiger partial charge is 0.312 e. The predicted molar refractivity (Wildman–Crippen MR) is 55.4 cm³/mol. The second kappa shape index (κ2) is 5.32. The first kappa shape index (κ1) is 9.74. The average Bonchev–Trinajstić information content (AvgIpc) is 2.21. The average molecular weight is 177 g/mol. The lowest BCUT2D eigenvalue weighted by Gasteiger charge is -2.03. The maximum atomic E-state index is 5.27. The van der Waals surface area contributed by atoms with Gasteiger partial charge in [0.2, 0.25) is 0 Å². The number of amidine groups is 1. The van der Waals surface area contributed by atoms with Gasteiger partial charge < -0.3 is 5.43 Å². The molecule has 3 nitrogen and oxygen atoms in total. The molecule has 0 unspecified atom stereocenters. The number of aryl methyl sites for hydroxylation is 1. The van der Waals surface area contributed by atoms with Gasteiger partial charge in [0.1, 0.15) is 5.84 Å². The fourth-order valence-corrected chi connectivity index (χ4v) is 1.16. The molecule has 70 valence electrons. The molecule has 0 spiro atoms. The summed E-state index contributed by atoms with van der Waals surface area (Å²) in [6, 6.07) is 10.3. The second-order valence-electron chi connectivity index (χ2n) is 2.80. The van der Waals surface area contributed by atoms with E-state index in [1.54, 1.807) is 7.05 Å². The van der Waals surface area contributed by atoms with Gasteiger partial charge in [-0.2, -0.15) is 0 Å². The monoisotopic (exact) mass is 177 g/mol. The van der Waals surface area contributed by atoms with Gasteiger partial charge in [0.15, 0.2) is 0 Å². The number of nitrogens with two attached hydrogens (primary N) is 1. The van der Waals surface area contributed by atoms with E-state index >= 15 is 0 Å². The summed E-state index contributed by atoms with van der Waals surface area (Å²) in [4.78, 5) is 4.00. The molecule has 0 heterocycles. The molecule has 0 fully saturated rings. The molecular weight excluding hydrogens is 162 g/mol. The minimum atomic E-state index is 0.837. The Kier molecular flexibility index (Phi) is 3.99. The fourth-order valence-electron chi connectivity index (χ4n) is 1.16. The molecule has 0 aliphatic carbocycles. The Balaban J connectivity index is 2.43. The SMILES string of the molecule is CN=C(CCc1ccccc1)NN. The van der Waals surface area contributed by atoms with Crippen LogP contribution in [0.15, 0.2) is 35.3 Å². The highest BCUT2D eigenvalue weighted by Gasteiger charge is 1.96. The van der Waals surface area contributed by atoms with Gasteiger partial charge in [-0.05, 0) is 12.0 Å². The lowest BCUT2D eigenvalue weighted by molar-refractivity contribution is 0.922.